The van der Waals surface area contributed by atoms with Crippen LogP contribution in [0.1, 0.15) is 25.8 Å². The zero-order valence-corrected chi connectivity index (χ0v) is 13.5. The summed E-state index contributed by atoms with van der Waals surface area (Å²) in [6.07, 6.45) is 3.62. The van der Waals surface area contributed by atoms with E-state index in [0.717, 1.165) is 11.3 Å². The van der Waals surface area contributed by atoms with E-state index >= 15 is 0 Å². The van der Waals surface area contributed by atoms with E-state index in [4.69, 9.17) is 9.47 Å². The van der Waals surface area contributed by atoms with Gasteiger partial charge in [-0.3, -0.25) is 4.79 Å². The fourth-order valence-corrected chi connectivity index (χ4v) is 1.93. The third kappa shape index (κ3) is 5.99. The van der Waals surface area contributed by atoms with Crippen LogP contribution in [0.2, 0.25) is 0 Å². The van der Waals surface area contributed by atoms with E-state index in [1.807, 2.05) is 38.1 Å². The Bertz CT molecular complexity index is 520. The molecule has 1 unspecified atom stereocenters. The maximum atomic E-state index is 11.9. The molecule has 0 fully saturated rings. The number of amides is 1. The molecule has 1 atom stereocenters. The van der Waals surface area contributed by atoms with Gasteiger partial charge >= 0.3 is 5.97 Å². The highest BCUT2D eigenvalue weighted by Gasteiger charge is 2.21. The lowest BCUT2D eigenvalue weighted by molar-refractivity contribution is -0.145. The number of hydrogen-bond donors (Lipinski definition) is 1. The molecule has 0 radical (unpaired) electrons. The van der Waals surface area contributed by atoms with Crippen LogP contribution in [0, 0.1) is 5.92 Å². The molecule has 22 heavy (non-hydrogen) atoms. The molecule has 0 aromatic heterocycles. The summed E-state index contributed by atoms with van der Waals surface area (Å²) < 4.78 is 9.78. The van der Waals surface area contributed by atoms with Gasteiger partial charge in [-0.15, -0.1) is 0 Å². The molecular weight excluding hydrogens is 282 g/mol. The van der Waals surface area contributed by atoms with E-state index in [9.17, 15) is 9.59 Å². The lowest BCUT2D eigenvalue weighted by Gasteiger charge is -2.17. The summed E-state index contributed by atoms with van der Waals surface area (Å²) in [4.78, 5) is 23.6. The molecule has 5 nitrogen and oxygen atoms in total. The molecule has 0 saturated carbocycles. The van der Waals surface area contributed by atoms with Gasteiger partial charge in [0.2, 0.25) is 5.91 Å². The first-order valence-corrected chi connectivity index (χ1v) is 7.16. The third-order valence-electron chi connectivity index (χ3n) is 3.05. The lowest BCUT2D eigenvalue weighted by Crippen LogP contribution is -2.41. The van der Waals surface area contributed by atoms with Crippen LogP contribution in [0.25, 0.3) is 6.08 Å². The minimum absolute atomic E-state index is 0.273. The fraction of sp³-hybridized carbons (Fsp3) is 0.412. The SMILES string of the molecule is COC(=O)C(CC(C)C)NC(=O)/C=C/c1ccc(OC)cc1. The van der Waals surface area contributed by atoms with Crippen molar-refractivity contribution >= 4 is 18.0 Å². The largest absolute Gasteiger partial charge is 0.497 e. The summed E-state index contributed by atoms with van der Waals surface area (Å²) in [7, 11) is 2.91. The molecule has 0 heterocycles. The van der Waals surface area contributed by atoms with E-state index in [0.29, 0.717) is 6.42 Å². The maximum Gasteiger partial charge on any atom is 0.328 e. The molecule has 5 heteroatoms. The molecule has 0 saturated heterocycles. The van der Waals surface area contributed by atoms with E-state index in [-0.39, 0.29) is 11.8 Å². The van der Waals surface area contributed by atoms with Crippen molar-refractivity contribution in [2.45, 2.75) is 26.3 Å². The van der Waals surface area contributed by atoms with Gasteiger partial charge in [0.05, 0.1) is 14.2 Å². The Balaban J connectivity index is 2.65. The second kappa shape index (κ2) is 8.87. The van der Waals surface area contributed by atoms with Gasteiger partial charge in [0.25, 0.3) is 0 Å². The van der Waals surface area contributed by atoms with E-state index in [1.54, 1.807) is 13.2 Å². The van der Waals surface area contributed by atoms with E-state index < -0.39 is 12.0 Å². The zero-order chi connectivity index (χ0) is 16.5. The predicted molar refractivity (Wildman–Crippen MR) is 85.4 cm³/mol. The minimum Gasteiger partial charge on any atom is -0.497 e. The Labute approximate surface area is 131 Å². The van der Waals surface area contributed by atoms with Crippen LogP contribution in [-0.2, 0) is 14.3 Å². The Morgan fingerprint density at radius 3 is 2.32 bits per heavy atom. The summed E-state index contributed by atoms with van der Waals surface area (Å²) in [5.74, 6) is 0.269. The van der Waals surface area contributed by atoms with Crippen LogP contribution >= 0.6 is 0 Å². The Hall–Kier alpha value is -2.30. The van der Waals surface area contributed by atoms with Gasteiger partial charge in [-0.05, 0) is 36.1 Å². The fourth-order valence-electron chi connectivity index (χ4n) is 1.93. The second-order valence-electron chi connectivity index (χ2n) is 5.32. The summed E-state index contributed by atoms with van der Waals surface area (Å²) in [5.41, 5.74) is 0.870. The second-order valence-corrected chi connectivity index (χ2v) is 5.32. The van der Waals surface area contributed by atoms with Gasteiger partial charge in [-0.1, -0.05) is 26.0 Å². The molecule has 0 aliphatic carbocycles. The van der Waals surface area contributed by atoms with Crippen LogP contribution in [0.5, 0.6) is 5.75 Å². The topological polar surface area (TPSA) is 64.6 Å². The predicted octanol–water partition coefficient (Wildman–Crippen LogP) is 2.41. The van der Waals surface area contributed by atoms with Gasteiger partial charge in [0.1, 0.15) is 11.8 Å². The van der Waals surface area contributed by atoms with Crippen molar-refractivity contribution in [3.8, 4) is 5.75 Å². The average Bonchev–Trinajstić information content (AvgIpc) is 2.51. The summed E-state index contributed by atoms with van der Waals surface area (Å²) in [6.45, 7) is 3.96. The van der Waals surface area contributed by atoms with Gasteiger partial charge in [0, 0.05) is 6.08 Å². The number of hydrogen-bond acceptors (Lipinski definition) is 4. The first-order chi connectivity index (χ1) is 10.5. The number of methoxy groups -OCH3 is 2. The third-order valence-corrected chi connectivity index (χ3v) is 3.05. The van der Waals surface area contributed by atoms with Crippen molar-refractivity contribution in [1.82, 2.24) is 5.32 Å². The van der Waals surface area contributed by atoms with Crippen molar-refractivity contribution < 1.29 is 19.1 Å². The van der Waals surface area contributed by atoms with Gasteiger partial charge in [0.15, 0.2) is 0 Å². The van der Waals surface area contributed by atoms with Crippen LogP contribution < -0.4 is 10.1 Å². The molecule has 1 aromatic rings. The zero-order valence-electron chi connectivity index (χ0n) is 13.5. The number of rotatable bonds is 7. The molecular formula is C17H23NO4. The highest BCUT2D eigenvalue weighted by atomic mass is 16.5. The molecule has 0 spiro atoms. The Kier molecular flexibility index (Phi) is 7.16. The van der Waals surface area contributed by atoms with Crippen molar-refractivity contribution in [3.05, 3.63) is 35.9 Å². The van der Waals surface area contributed by atoms with Gasteiger partial charge in [-0.2, -0.15) is 0 Å². The summed E-state index contributed by atoms with van der Waals surface area (Å²) in [5, 5.41) is 2.67. The quantitative estimate of drug-likeness (QED) is 0.620. The average molecular weight is 305 g/mol. The van der Waals surface area contributed by atoms with Gasteiger partial charge < -0.3 is 14.8 Å². The first kappa shape index (κ1) is 17.8. The minimum atomic E-state index is -0.627. The van der Waals surface area contributed by atoms with Crippen molar-refractivity contribution in [1.29, 1.82) is 0 Å². The standard InChI is InChI=1S/C17H23NO4/c1-12(2)11-15(17(20)22-4)18-16(19)10-7-13-5-8-14(21-3)9-6-13/h5-10,12,15H,11H2,1-4H3,(H,18,19)/b10-7+. The van der Waals surface area contributed by atoms with Crippen LogP contribution in [0.15, 0.2) is 30.3 Å². The van der Waals surface area contributed by atoms with E-state index in [1.165, 1.54) is 13.2 Å². The van der Waals surface area contributed by atoms with E-state index in [2.05, 4.69) is 5.32 Å². The van der Waals surface area contributed by atoms with Crippen LogP contribution in [-0.4, -0.2) is 32.1 Å². The summed E-state index contributed by atoms with van der Waals surface area (Å²) in [6, 6.07) is 6.68. The van der Waals surface area contributed by atoms with Crippen molar-refractivity contribution in [2.75, 3.05) is 14.2 Å². The normalized spacial score (nSPS) is 12.2. The molecule has 120 valence electrons. The first-order valence-electron chi connectivity index (χ1n) is 7.16. The van der Waals surface area contributed by atoms with Crippen molar-refractivity contribution in [3.63, 3.8) is 0 Å². The number of carbonyl (C=O) groups excluding carboxylic acids is 2. The molecule has 1 N–H and O–H groups in total. The van der Waals surface area contributed by atoms with Crippen LogP contribution in [0.3, 0.4) is 0 Å². The molecule has 1 aromatic carbocycles. The number of ether oxygens (including phenoxy) is 2. The number of nitrogens with one attached hydrogen (secondary N) is 1. The molecule has 0 aliphatic rings. The number of esters is 1. The smallest absolute Gasteiger partial charge is 0.328 e. The van der Waals surface area contributed by atoms with Gasteiger partial charge in [-0.25, -0.2) is 4.79 Å². The Morgan fingerprint density at radius 2 is 1.82 bits per heavy atom. The number of benzene rings is 1. The van der Waals surface area contributed by atoms with Crippen molar-refractivity contribution in [2.24, 2.45) is 5.92 Å². The number of carbonyl (C=O) groups is 2. The maximum absolute atomic E-state index is 11.9. The van der Waals surface area contributed by atoms with Crippen LogP contribution in [0.4, 0.5) is 0 Å². The molecule has 1 rings (SSSR count). The molecule has 0 bridgehead atoms. The summed E-state index contributed by atoms with van der Waals surface area (Å²) >= 11 is 0. The monoisotopic (exact) mass is 305 g/mol. The lowest BCUT2D eigenvalue weighted by atomic mass is 10.0. The highest BCUT2D eigenvalue weighted by Crippen LogP contribution is 2.12. The Morgan fingerprint density at radius 1 is 1.18 bits per heavy atom. The molecule has 0 aliphatic heterocycles. The highest BCUT2D eigenvalue weighted by molar-refractivity contribution is 5.94. The molecule has 1 amide bonds.